The van der Waals surface area contributed by atoms with Gasteiger partial charge in [-0.05, 0) is 14.1 Å². The first-order chi connectivity index (χ1) is 7.09. The number of carbonyl (C=O) groups is 1. The van der Waals surface area contributed by atoms with Gasteiger partial charge in [0.05, 0.1) is 0 Å². The van der Waals surface area contributed by atoms with Crippen LogP contribution in [0, 0.1) is 0 Å². The maximum Gasteiger partial charge on any atom is 0.246 e. The number of amides is 1. The molecule has 1 rings (SSSR count). The Morgan fingerprint density at radius 3 is 2.47 bits per heavy atom. The SMILES string of the molecule is CN(C)C/C=C/C(=O)N1CCN(I)CC1. The van der Waals surface area contributed by atoms with Crippen molar-refractivity contribution >= 4 is 28.8 Å². The van der Waals surface area contributed by atoms with Gasteiger partial charge in [0, 0.05) is 61.7 Å². The van der Waals surface area contributed by atoms with Crippen LogP contribution in [0.15, 0.2) is 12.2 Å². The Morgan fingerprint density at radius 2 is 1.93 bits per heavy atom. The molecule has 1 heterocycles. The second-order valence-electron chi connectivity index (χ2n) is 3.90. The molecule has 0 aliphatic carbocycles. The van der Waals surface area contributed by atoms with Gasteiger partial charge in [-0.3, -0.25) is 4.79 Å². The molecule has 1 aliphatic rings. The van der Waals surface area contributed by atoms with Crippen LogP contribution in [0.3, 0.4) is 0 Å². The highest BCUT2D eigenvalue weighted by atomic mass is 127. The molecule has 1 amide bonds. The van der Waals surface area contributed by atoms with E-state index in [9.17, 15) is 4.79 Å². The third-order valence-electron chi connectivity index (χ3n) is 2.27. The van der Waals surface area contributed by atoms with Crippen LogP contribution in [-0.2, 0) is 4.79 Å². The number of carbonyl (C=O) groups excluding carboxylic acids is 1. The van der Waals surface area contributed by atoms with Crippen LogP contribution in [0.25, 0.3) is 0 Å². The Hall–Kier alpha value is -0.140. The van der Waals surface area contributed by atoms with Crippen molar-refractivity contribution in [2.75, 3.05) is 46.8 Å². The number of piperazine rings is 1. The maximum absolute atomic E-state index is 11.7. The minimum absolute atomic E-state index is 0.140. The summed E-state index contributed by atoms with van der Waals surface area (Å²) in [5, 5.41) is 0. The molecule has 0 atom stereocenters. The molecule has 1 fully saturated rings. The maximum atomic E-state index is 11.7. The number of hydrogen-bond acceptors (Lipinski definition) is 3. The molecule has 0 aromatic heterocycles. The van der Waals surface area contributed by atoms with E-state index in [0.717, 1.165) is 32.7 Å². The molecule has 0 saturated carbocycles. The van der Waals surface area contributed by atoms with Crippen LogP contribution in [0.2, 0.25) is 0 Å². The fourth-order valence-electron chi connectivity index (χ4n) is 1.37. The second kappa shape index (κ2) is 6.44. The molecule has 0 radical (unpaired) electrons. The normalized spacial score (nSPS) is 19.1. The van der Waals surface area contributed by atoms with Crippen LogP contribution >= 0.6 is 22.9 Å². The third kappa shape index (κ3) is 4.94. The molecule has 0 N–H and O–H groups in total. The summed E-state index contributed by atoms with van der Waals surface area (Å²) >= 11 is 2.30. The lowest BCUT2D eigenvalue weighted by Crippen LogP contribution is -2.44. The van der Waals surface area contributed by atoms with Gasteiger partial charge >= 0.3 is 0 Å². The quantitative estimate of drug-likeness (QED) is 0.432. The van der Waals surface area contributed by atoms with Gasteiger partial charge in [-0.2, -0.15) is 0 Å². The van der Waals surface area contributed by atoms with Gasteiger partial charge < -0.3 is 9.80 Å². The Kier molecular flexibility index (Phi) is 5.55. The Balaban J connectivity index is 2.31. The lowest BCUT2D eigenvalue weighted by atomic mass is 10.3. The average molecular weight is 323 g/mol. The van der Waals surface area contributed by atoms with Crippen molar-refractivity contribution < 1.29 is 4.79 Å². The van der Waals surface area contributed by atoms with Crippen molar-refractivity contribution in [2.45, 2.75) is 0 Å². The Morgan fingerprint density at radius 1 is 1.33 bits per heavy atom. The van der Waals surface area contributed by atoms with E-state index >= 15 is 0 Å². The van der Waals surface area contributed by atoms with E-state index in [2.05, 4.69) is 26.0 Å². The number of halogens is 1. The molecule has 1 saturated heterocycles. The lowest BCUT2D eigenvalue weighted by molar-refractivity contribution is -0.127. The fraction of sp³-hybridized carbons (Fsp3) is 0.700. The molecule has 4 nitrogen and oxygen atoms in total. The summed E-state index contributed by atoms with van der Waals surface area (Å²) in [6, 6.07) is 0. The first-order valence-electron chi connectivity index (χ1n) is 5.10. The molecule has 0 spiro atoms. The summed E-state index contributed by atoms with van der Waals surface area (Å²) in [6.45, 7) is 4.43. The Bertz CT molecular complexity index is 235. The molecule has 86 valence electrons. The van der Waals surface area contributed by atoms with E-state index in [1.807, 2.05) is 30.0 Å². The lowest BCUT2D eigenvalue weighted by Gasteiger charge is -2.30. The highest BCUT2D eigenvalue weighted by Gasteiger charge is 2.17. The zero-order valence-corrected chi connectivity index (χ0v) is 11.5. The predicted octanol–water partition coefficient (Wildman–Crippen LogP) is 0.598. The molecular formula is C10H18IN3O. The highest BCUT2D eigenvalue weighted by Crippen LogP contribution is 2.06. The van der Waals surface area contributed by atoms with Gasteiger partial charge in [-0.1, -0.05) is 6.08 Å². The van der Waals surface area contributed by atoms with E-state index < -0.39 is 0 Å². The van der Waals surface area contributed by atoms with E-state index in [0.29, 0.717) is 0 Å². The summed E-state index contributed by atoms with van der Waals surface area (Å²) in [4.78, 5) is 15.6. The van der Waals surface area contributed by atoms with Gasteiger partial charge in [0.25, 0.3) is 0 Å². The smallest absolute Gasteiger partial charge is 0.246 e. The summed E-state index contributed by atoms with van der Waals surface area (Å²) in [5.41, 5.74) is 0. The van der Waals surface area contributed by atoms with E-state index in [-0.39, 0.29) is 5.91 Å². The predicted molar refractivity (Wildman–Crippen MR) is 69.9 cm³/mol. The average Bonchev–Trinajstić information content (AvgIpc) is 2.18. The van der Waals surface area contributed by atoms with Crippen LogP contribution in [0.4, 0.5) is 0 Å². The largest absolute Gasteiger partial charge is 0.337 e. The monoisotopic (exact) mass is 323 g/mol. The van der Waals surface area contributed by atoms with Crippen molar-refractivity contribution in [3.05, 3.63) is 12.2 Å². The summed E-state index contributed by atoms with van der Waals surface area (Å²) in [7, 11) is 3.98. The molecule has 0 bridgehead atoms. The van der Waals surface area contributed by atoms with Crippen molar-refractivity contribution in [3.63, 3.8) is 0 Å². The van der Waals surface area contributed by atoms with Crippen molar-refractivity contribution in [2.24, 2.45) is 0 Å². The zero-order valence-electron chi connectivity index (χ0n) is 9.32. The molecule has 0 aromatic carbocycles. The topological polar surface area (TPSA) is 26.8 Å². The van der Waals surface area contributed by atoms with Crippen molar-refractivity contribution in [1.82, 2.24) is 12.9 Å². The number of likely N-dealkylation sites (N-methyl/N-ethyl adjacent to an activating group) is 1. The fourth-order valence-corrected chi connectivity index (χ4v) is 1.80. The van der Waals surface area contributed by atoms with E-state index in [1.165, 1.54) is 0 Å². The van der Waals surface area contributed by atoms with Crippen molar-refractivity contribution in [1.29, 1.82) is 0 Å². The standard InChI is InChI=1S/C10H18IN3O/c1-12(2)5-3-4-10(15)13-6-8-14(11)9-7-13/h3-4H,5-9H2,1-2H3/b4-3+. The summed E-state index contributed by atoms with van der Waals surface area (Å²) in [5.74, 6) is 0.140. The number of rotatable bonds is 3. The molecule has 0 aromatic rings. The molecule has 1 aliphatic heterocycles. The minimum Gasteiger partial charge on any atom is -0.337 e. The first-order valence-corrected chi connectivity index (χ1v) is 6.07. The van der Waals surface area contributed by atoms with E-state index in [4.69, 9.17) is 0 Å². The zero-order chi connectivity index (χ0) is 11.3. The van der Waals surface area contributed by atoms with E-state index in [1.54, 1.807) is 6.08 Å². The van der Waals surface area contributed by atoms with Crippen LogP contribution in [0.1, 0.15) is 0 Å². The molecular weight excluding hydrogens is 305 g/mol. The second-order valence-corrected chi connectivity index (χ2v) is 5.26. The van der Waals surface area contributed by atoms with Crippen LogP contribution in [0.5, 0.6) is 0 Å². The van der Waals surface area contributed by atoms with Gasteiger partial charge in [-0.25, -0.2) is 3.11 Å². The van der Waals surface area contributed by atoms with Gasteiger partial charge in [0.2, 0.25) is 5.91 Å². The number of nitrogens with zero attached hydrogens (tertiary/aromatic N) is 3. The summed E-state index contributed by atoms with van der Waals surface area (Å²) < 4.78 is 2.21. The Labute approximate surface area is 105 Å². The third-order valence-corrected chi connectivity index (χ3v) is 3.23. The number of hydrogen-bond donors (Lipinski definition) is 0. The van der Waals surface area contributed by atoms with Gasteiger partial charge in [0.1, 0.15) is 0 Å². The molecule has 15 heavy (non-hydrogen) atoms. The van der Waals surface area contributed by atoms with Crippen LogP contribution < -0.4 is 0 Å². The molecule has 5 heteroatoms. The van der Waals surface area contributed by atoms with Gasteiger partial charge in [-0.15, -0.1) is 0 Å². The molecule has 0 unspecified atom stereocenters. The van der Waals surface area contributed by atoms with Crippen molar-refractivity contribution in [3.8, 4) is 0 Å². The van der Waals surface area contributed by atoms with Gasteiger partial charge in [0.15, 0.2) is 0 Å². The first kappa shape index (κ1) is 12.9. The highest BCUT2D eigenvalue weighted by molar-refractivity contribution is 14.1. The van der Waals surface area contributed by atoms with Crippen LogP contribution in [-0.4, -0.2) is 65.6 Å². The minimum atomic E-state index is 0.140. The summed E-state index contributed by atoms with van der Waals surface area (Å²) in [6.07, 6.45) is 3.60.